The van der Waals surface area contributed by atoms with Gasteiger partial charge in [-0.2, -0.15) is 0 Å². The molecule has 4 rings (SSSR count). The Morgan fingerprint density at radius 2 is 1.62 bits per heavy atom. The van der Waals surface area contributed by atoms with Crippen molar-refractivity contribution in [2.75, 3.05) is 12.0 Å². The highest BCUT2D eigenvalue weighted by Gasteiger charge is 2.36. The molecule has 0 atom stereocenters. The first-order chi connectivity index (χ1) is 15.2. The van der Waals surface area contributed by atoms with E-state index in [2.05, 4.69) is 13.8 Å². The number of benzene rings is 3. The SMILES string of the molecule is COc1ccc(C(=O)C2=CN(c3ccc(C(C)C)cc3)c3cc(F)ccc3S2(=O)=O)cc1. The van der Waals surface area contributed by atoms with Crippen LogP contribution in [0.15, 0.2) is 82.7 Å². The summed E-state index contributed by atoms with van der Waals surface area (Å²) in [4.78, 5) is 14.3. The number of ketones is 1. The Kier molecular flexibility index (Phi) is 5.60. The number of halogens is 1. The van der Waals surface area contributed by atoms with Gasteiger partial charge in [0.25, 0.3) is 0 Å². The zero-order valence-corrected chi connectivity index (χ0v) is 18.7. The number of carbonyl (C=O) groups is 1. The Balaban J connectivity index is 1.87. The van der Waals surface area contributed by atoms with Gasteiger partial charge in [0.1, 0.15) is 16.5 Å². The number of hydrogen-bond donors (Lipinski definition) is 0. The number of fused-ring (bicyclic) bond motifs is 1. The van der Waals surface area contributed by atoms with E-state index < -0.39 is 21.4 Å². The van der Waals surface area contributed by atoms with Crippen molar-refractivity contribution in [3.05, 3.63) is 94.8 Å². The molecule has 7 heteroatoms. The molecule has 1 aliphatic rings. The third-order valence-corrected chi connectivity index (χ3v) is 7.21. The van der Waals surface area contributed by atoms with Crippen molar-refractivity contribution in [1.82, 2.24) is 0 Å². The smallest absolute Gasteiger partial charge is 0.214 e. The van der Waals surface area contributed by atoms with Gasteiger partial charge < -0.3 is 9.64 Å². The van der Waals surface area contributed by atoms with Crippen molar-refractivity contribution < 1.29 is 22.3 Å². The summed E-state index contributed by atoms with van der Waals surface area (Å²) >= 11 is 0. The van der Waals surface area contributed by atoms with Gasteiger partial charge in [-0.15, -0.1) is 0 Å². The van der Waals surface area contributed by atoms with Crippen LogP contribution in [0.25, 0.3) is 0 Å². The Labute approximate surface area is 186 Å². The highest BCUT2D eigenvalue weighted by Crippen LogP contribution is 2.41. The second-order valence-electron chi connectivity index (χ2n) is 7.78. The number of allylic oxidation sites excluding steroid dienone is 1. The van der Waals surface area contributed by atoms with Gasteiger partial charge in [0, 0.05) is 17.5 Å². The van der Waals surface area contributed by atoms with Gasteiger partial charge in [-0.1, -0.05) is 26.0 Å². The number of sulfone groups is 1. The number of nitrogens with zero attached hydrogens (tertiary/aromatic N) is 1. The number of ether oxygens (including phenoxy) is 1. The summed E-state index contributed by atoms with van der Waals surface area (Å²) in [6.45, 7) is 4.14. The molecule has 32 heavy (non-hydrogen) atoms. The van der Waals surface area contributed by atoms with Gasteiger partial charge >= 0.3 is 0 Å². The van der Waals surface area contributed by atoms with Crippen molar-refractivity contribution in [2.45, 2.75) is 24.7 Å². The number of rotatable bonds is 5. The number of methoxy groups -OCH3 is 1. The second-order valence-corrected chi connectivity index (χ2v) is 9.67. The molecule has 0 bridgehead atoms. The average molecular weight is 452 g/mol. The van der Waals surface area contributed by atoms with Crippen LogP contribution in [0.4, 0.5) is 15.8 Å². The average Bonchev–Trinajstić information content (AvgIpc) is 2.78. The molecule has 0 aromatic heterocycles. The summed E-state index contributed by atoms with van der Waals surface area (Å²) in [6, 6.07) is 17.2. The highest BCUT2D eigenvalue weighted by atomic mass is 32.2. The quantitative estimate of drug-likeness (QED) is 0.373. The Morgan fingerprint density at radius 1 is 0.969 bits per heavy atom. The van der Waals surface area contributed by atoms with Crippen molar-refractivity contribution in [3.63, 3.8) is 0 Å². The van der Waals surface area contributed by atoms with E-state index in [0.717, 1.165) is 17.7 Å². The van der Waals surface area contributed by atoms with E-state index in [1.54, 1.807) is 17.0 Å². The largest absolute Gasteiger partial charge is 0.497 e. The van der Waals surface area contributed by atoms with Crippen LogP contribution in [0.5, 0.6) is 5.75 Å². The predicted octanol–water partition coefficient (Wildman–Crippen LogP) is 5.61. The molecule has 0 fully saturated rings. The Bertz CT molecular complexity index is 1310. The minimum absolute atomic E-state index is 0.119. The molecule has 3 aromatic rings. The van der Waals surface area contributed by atoms with E-state index in [0.29, 0.717) is 17.4 Å². The van der Waals surface area contributed by atoms with Crippen LogP contribution in [-0.2, 0) is 9.84 Å². The van der Waals surface area contributed by atoms with Crippen LogP contribution in [0.3, 0.4) is 0 Å². The number of carbonyl (C=O) groups excluding carboxylic acids is 1. The topological polar surface area (TPSA) is 63.7 Å². The first-order valence-corrected chi connectivity index (χ1v) is 11.5. The zero-order valence-electron chi connectivity index (χ0n) is 17.9. The van der Waals surface area contributed by atoms with Crippen molar-refractivity contribution in [1.29, 1.82) is 0 Å². The third-order valence-electron chi connectivity index (χ3n) is 5.42. The second kappa shape index (κ2) is 8.24. The van der Waals surface area contributed by atoms with Gasteiger partial charge in [0.05, 0.1) is 17.7 Å². The van der Waals surface area contributed by atoms with E-state index in [9.17, 15) is 17.6 Å². The van der Waals surface area contributed by atoms with Crippen molar-refractivity contribution in [3.8, 4) is 5.75 Å². The van der Waals surface area contributed by atoms with E-state index in [4.69, 9.17) is 4.74 Å². The standard InChI is InChI=1S/C25H22FNO4S/c1-16(2)17-4-9-20(10-5-17)27-15-24(25(28)18-6-11-21(31-3)12-7-18)32(29,30)23-13-8-19(26)14-22(23)27/h4-16H,1-3H3. The molecule has 0 N–H and O–H groups in total. The molecule has 3 aromatic carbocycles. The maximum absolute atomic E-state index is 14.1. The lowest BCUT2D eigenvalue weighted by atomic mass is 10.0. The van der Waals surface area contributed by atoms with Crippen LogP contribution in [-0.4, -0.2) is 21.3 Å². The minimum atomic E-state index is -4.15. The first-order valence-electron chi connectivity index (χ1n) is 10.1. The first kappa shape index (κ1) is 21.8. The lowest BCUT2D eigenvalue weighted by molar-refractivity contribution is 0.104. The third kappa shape index (κ3) is 3.80. The van der Waals surface area contributed by atoms with Gasteiger partial charge in [-0.25, -0.2) is 12.8 Å². The molecule has 0 aliphatic carbocycles. The van der Waals surface area contributed by atoms with Crippen LogP contribution in [0, 0.1) is 5.82 Å². The number of anilines is 2. The summed E-state index contributed by atoms with van der Waals surface area (Å²) in [6.07, 6.45) is 1.27. The van der Waals surface area contributed by atoms with E-state index in [1.807, 2.05) is 24.3 Å². The molecule has 0 spiro atoms. The molecule has 1 aliphatic heterocycles. The molecule has 0 saturated heterocycles. The summed E-state index contributed by atoms with van der Waals surface area (Å²) in [5.41, 5.74) is 2.10. The molecule has 5 nitrogen and oxygen atoms in total. The fraction of sp³-hybridized carbons (Fsp3) is 0.160. The Hall–Kier alpha value is -3.45. The van der Waals surface area contributed by atoms with E-state index in [1.165, 1.54) is 31.5 Å². The minimum Gasteiger partial charge on any atom is -0.497 e. The molecule has 0 saturated carbocycles. The van der Waals surface area contributed by atoms with E-state index >= 15 is 0 Å². The molecule has 0 unspecified atom stereocenters. The molecular weight excluding hydrogens is 429 g/mol. The normalized spacial score (nSPS) is 14.7. The predicted molar refractivity (Wildman–Crippen MR) is 122 cm³/mol. The number of Topliss-reactive ketones (excluding diaryl/α,β-unsaturated/α-hetero) is 1. The van der Waals surface area contributed by atoms with Crippen LogP contribution in [0.2, 0.25) is 0 Å². The maximum Gasteiger partial charge on any atom is 0.214 e. The van der Waals surface area contributed by atoms with E-state index in [-0.39, 0.29) is 21.1 Å². The lowest BCUT2D eigenvalue weighted by Crippen LogP contribution is -2.26. The van der Waals surface area contributed by atoms with Gasteiger partial charge in [0.2, 0.25) is 15.6 Å². The Morgan fingerprint density at radius 3 is 2.22 bits per heavy atom. The zero-order chi connectivity index (χ0) is 23.0. The summed E-state index contributed by atoms with van der Waals surface area (Å²) in [7, 11) is -2.65. The van der Waals surface area contributed by atoms with Gasteiger partial charge in [-0.05, 0) is 66.1 Å². The summed E-state index contributed by atoms with van der Waals surface area (Å²) in [5.74, 6) is -0.347. The van der Waals surface area contributed by atoms with Crippen LogP contribution < -0.4 is 9.64 Å². The number of hydrogen-bond acceptors (Lipinski definition) is 5. The van der Waals surface area contributed by atoms with Crippen LogP contribution in [0.1, 0.15) is 35.7 Å². The van der Waals surface area contributed by atoms with Crippen molar-refractivity contribution >= 4 is 27.0 Å². The fourth-order valence-electron chi connectivity index (χ4n) is 3.58. The monoisotopic (exact) mass is 451 g/mol. The van der Waals surface area contributed by atoms with Crippen LogP contribution >= 0.6 is 0 Å². The lowest BCUT2D eigenvalue weighted by Gasteiger charge is -2.29. The summed E-state index contributed by atoms with van der Waals surface area (Å²) in [5, 5.41) is 0. The maximum atomic E-state index is 14.1. The molecular formula is C25H22FNO4S. The molecule has 1 heterocycles. The molecule has 0 amide bonds. The molecule has 0 radical (unpaired) electrons. The fourth-order valence-corrected chi connectivity index (χ4v) is 5.10. The van der Waals surface area contributed by atoms with Gasteiger partial charge in [-0.3, -0.25) is 4.79 Å². The summed E-state index contributed by atoms with van der Waals surface area (Å²) < 4.78 is 45.8. The highest BCUT2D eigenvalue weighted by molar-refractivity contribution is 7.96. The van der Waals surface area contributed by atoms with Crippen molar-refractivity contribution in [2.24, 2.45) is 0 Å². The molecule has 164 valence electrons. The van der Waals surface area contributed by atoms with Gasteiger partial charge in [0.15, 0.2) is 0 Å².